The van der Waals surface area contributed by atoms with E-state index in [9.17, 15) is 9.59 Å². The highest BCUT2D eigenvalue weighted by Crippen LogP contribution is 2.30. The third-order valence-corrected chi connectivity index (χ3v) is 6.76. The van der Waals surface area contributed by atoms with Gasteiger partial charge in [0.25, 0.3) is 5.91 Å². The number of nitrogens with two attached hydrogens (primary N) is 1. The lowest BCUT2D eigenvalue weighted by atomic mass is 9.97. The zero-order valence-corrected chi connectivity index (χ0v) is 21.4. The van der Waals surface area contributed by atoms with Crippen LogP contribution in [0.1, 0.15) is 39.6 Å². The van der Waals surface area contributed by atoms with Gasteiger partial charge in [0.05, 0.1) is 18.9 Å². The molecule has 38 heavy (non-hydrogen) atoms. The predicted molar refractivity (Wildman–Crippen MR) is 147 cm³/mol. The largest absolute Gasteiger partial charge is 0.378 e. The van der Waals surface area contributed by atoms with Crippen molar-refractivity contribution in [2.45, 2.75) is 13.3 Å². The van der Waals surface area contributed by atoms with Crippen LogP contribution in [0.2, 0.25) is 0 Å². The molecule has 0 unspecified atom stereocenters. The topological polar surface area (TPSA) is 115 Å². The summed E-state index contributed by atoms with van der Waals surface area (Å²) in [6.07, 6.45) is 6.18. The highest BCUT2D eigenvalue weighted by atomic mass is 16.5. The monoisotopic (exact) mass is 510 g/mol. The number of nitrogens with zero attached hydrogens (tertiary/aromatic N) is 5. The van der Waals surface area contributed by atoms with Crippen LogP contribution in [-0.2, 0) is 4.74 Å². The average Bonchev–Trinajstić information content (AvgIpc) is 2.97. The minimum Gasteiger partial charge on any atom is -0.378 e. The van der Waals surface area contributed by atoms with E-state index in [-0.39, 0.29) is 17.6 Å². The molecule has 0 saturated carbocycles. The molecule has 1 amide bonds. The summed E-state index contributed by atoms with van der Waals surface area (Å²) in [6.45, 7) is 9.32. The summed E-state index contributed by atoms with van der Waals surface area (Å²) in [5, 5.41) is 0. The number of pyridine rings is 1. The number of Topliss-reactive ketones (excluding diaryl/α,β-unsaturated/α-hetero) is 1. The van der Waals surface area contributed by atoms with Crippen molar-refractivity contribution in [3.8, 4) is 11.3 Å². The van der Waals surface area contributed by atoms with E-state index in [4.69, 9.17) is 15.5 Å². The molecule has 3 aromatic rings. The Hall–Kier alpha value is -4.37. The van der Waals surface area contributed by atoms with Crippen LogP contribution in [0.5, 0.6) is 0 Å². The van der Waals surface area contributed by atoms with Gasteiger partial charge in [-0.15, -0.1) is 0 Å². The van der Waals surface area contributed by atoms with Gasteiger partial charge < -0.3 is 20.3 Å². The summed E-state index contributed by atoms with van der Waals surface area (Å²) in [4.78, 5) is 42.4. The van der Waals surface area contributed by atoms with Crippen molar-refractivity contribution in [3.63, 3.8) is 0 Å². The Morgan fingerprint density at radius 2 is 1.66 bits per heavy atom. The molecule has 194 valence electrons. The summed E-state index contributed by atoms with van der Waals surface area (Å²) in [5.74, 6) is 0.919. The first-order chi connectivity index (χ1) is 18.4. The number of ether oxygens (including phenoxy) is 1. The Labute approximate surface area is 221 Å². The van der Waals surface area contributed by atoms with Crippen molar-refractivity contribution in [3.05, 3.63) is 83.7 Å². The molecular weight excluding hydrogens is 480 g/mol. The van der Waals surface area contributed by atoms with Crippen molar-refractivity contribution in [1.29, 1.82) is 0 Å². The van der Waals surface area contributed by atoms with Crippen LogP contribution < -0.4 is 10.6 Å². The molecule has 5 rings (SSSR count). The van der Waals surface area contributed by atoms with Gasteiger partial charge >= 0.3 is 0 Å². The van der Waals surface area contributed by atoms with E-state index in [1.807, 2.05) is 11.0 Å². The van der Waals surface area contributed by atoms with Crippen molar-refractivity contribution < 1.29 is 14.3 Å². The summed E-state index contributed by atoms with van der Waals surface area (Å²) in [6, 6.07) is 10.9. The van der Waals surface area contributed by atoms with Gasteiger partial charge in [-0.05, 0) is 54.3 Å². The number of anilines is 2. The summed E-state index contributed by atoms with van der Waals surface area (Å²) < 4.78 is 5.52. The van der Waals surface area contributed by atoms with Crippen molar-refractivity contribution in [2.75, 3.05) is 50.0 Å². The number of morpholine rings is 1. The Morgan fingerprint density at radius 3 is 2.29 bits per heavy atom. The number of nitrogen functional groups attached to an aromatic ring is 1. The zero-order chi connectivity index (χ0) is 26.6. The quantitative estimate of drug-likeness (QED) is 0.395. The minimum atomic E-state index is -0.117. The van der Waals surface area contributed by atoms with Gasteiger partial charge in [0.15, 0.2) is 5.78 Å². The predicted octanol–water partition coefficient (Wildman–Crippen LogP) is 3.65. The molecule has 4 heterocycles. The molecule has 0 radical (unpaired) electrons. The number of carbonyl (C=O) groups is 2. The molecule has 9 heteroatoms. The molecule has 0 aliphatic carbocycles. The molecule has 2 N–H and O–H groups in total. The summed E-state index contributed by atoms with van der Waals surface area (Å²) in [7, 11) is 0. The van der Waals surface area contributed by atoms with Gasteiger partial charge in [-0.1, -0.05) is 24.8 Å². The van der Waals surface area contributed by atoms with Gasteiger partial charge in [0.1, 0.15) is 5.82 Å². The molecule has 1 saturated heterocycles. The van der Waals surface area contributed by atoms with Gasteiger partial charge in [-0.2, -0.15) is 0 Å². The number of hydrogen-bond acceptors (Lipinski definition) is 8. The number of aromatic nitrogens is 3. The highest BCUT2D eigenvalue weighted by Gasteiger charge is 2.22. The smallest absolute Gasteiger partial charge is 0.254 e. The first-order valence-electron chi connectivity index (χ1n) is 12.6. The molecule has 2 aromatic heterocycles. The van der Waals surface area contributed by atoms with Gasteiger partial charge in [0.2, 0.25) is 5.95 Å². The van der Waals surface area contributed by atoms with Gasteiger partial charge in [-0.3, -0.25) is 9.59 Å². The van der Waals surface area contributed by atoms with Crippen LogP contribution >= 0.6 is 0 Å². The Bertz CT molecular complexity index is 1390. The summed E-state index contributed by atoms with van der Waals surface area (Å²) >= 11 is 0. The number of benzene rings is 1. The third-order valence-electron chi connectivity index (χ3n) is 6.76. The molecule has 9 nitrogen and oxygen atoms in total. The van der Waals surface area contributed by atoms with Gasteiger partial charge in [0, 0.05) is 55.3 Å². The Kier molecular flexibility index (Phi) is 7.28. The molecule has 2 aliphatic heterocycles. The minimum absolute atomic E-state index is 0.0573. The molecule has 0 spiro atoms. The molecule has 0 bridgehead atoms. The second-order valence-electron chi connectivity index (χ2n) is 9.45. The van der Waals surface area contributed by atoms with E-state index < -0.39 is 0 Å². The molecule has 2 aliphatic rings. The number of hydrogen-bond donors (Lipinski definition) is 1. The van der Waals surface area contributed by atoms with Crippen LogP contribution in [0.3, 0.4) is 0 Å². The highest BCUT2D eigenvalue weighted by molar-refractivity contribution is 6.08. The number of amides is 1. The number of allylic oxidation sites excluding steroid dienone is 1. The molecule has 0 atom stereocenters. The Balaban J connectivity index is 1.37. The third kappa shape index (κ3) is 5.47. The van der Waals surface area contributed by atoms with E-state index in [1.165, 1.54) is 0 Å². The van der Waals surface area contributed by atoms with Crippen molar-refractivity contribution in [1.82, 2.24) is 19.9 Å². The number of ketones is 1. The van der Waals surface area contributed by atoms with Crippen LogP contribution in [-0.4, -0.2) is 70.9 Å². The van der Waals surface area contributed by atoms with Gasteiger partial charge in [-0.25, -0.2) is 15.0 Å². The summed E-state index contributed by atoms with van der Waals surface area (Å²) in [5.41, 5.74) is 11.0. The molecular formula is C29H30N6O3. The SMILES string of the molecule is C=C(C)C(=O)c1ccc(C(=O)N2CC=C(c3cc(-c4cnc(N)nc4)nc(N4CCOCC4)c3)CC2)cc1. The standard InChI is InChI=1S/C29H30N6O3/c1-19(2)27(36)21-3-5-22(6-4-21)28(37)35-9-7-20(8-10-35)23-15-25(24-17-31-29(30)32-18-24)33-26(16-23)34-11-13-38-14-12-34/h3-7,15-18H,1,8-14H2,2H3,(H2,30,31,32). The normalized spacial score (nSPS) is 15.7. The second-order valence-corrected chi connectivity index (χ2v) is 9.45. The van der Waals surface area contributed by atoms with Crippen LogP contribution in [0.4, 0.5) is 11.8 Å². The average molecular weight is 511 g/mol. The molecule has 1 fully saturated rings. The fourth-order valence-corrected chi connectivity index (χ4v) is 4.58. The first-order valence-corrected chi connectivity index (χ1v) is 12.6. The maximum atomic E-state index is 13.1. The van der Waals surface area contributed by atoms with E-state index in [1.54, 1.807) is 43.6 Å². The lowest BCUT2D eigenvalue weighted by Crippen LogP contribution is -2.37. The van der Waals surface area contributed by atoms with E-state index >= 15 is 0 Å². The first kappa shape index (κ1) is 25.3. The molecule has 1 aromatic carbocycles. The number of carbonyl (C=O) groups excluding carboxylic acids is 2. The van der Waals surface area contributed by atoms with Crippen molar-refractivity contribution >= 4 is 29.0 Å². The lowest BCUT2D eigenvalue weighted by molar-refractivity contribution is 0.0772. The van der Waals surface area contributed by atoms with Crippen LogP contribution in [0, 0.1) is 0 Å². The second kappa shape index (κ2) is 10.9. The van der Waals surface area contributed by atoms with Crippen molar-refractivity contribution in [2.24, 2.45) is 0 Å². The fourth-order valence-electron chi connectivity index (χ4n) is 4.58. The van der Waals surface area contributed by atoms with E-state index in [2.05, 4.69) is 33.6 Å². The van der Waals surface area contributed by atoms with Crippen LogP contribution in [0.25, 0.3) is 16.8 Å². The van der Waals surface area contributed by atoms with Crippen LogP contribution in [0.15, 0.2) is 67.0 Å². The fraction of sp³-hybridized carbons (Fsp3) is 0.276. The number of rotatable bonds is 6. The van der Waals surface area contributed by atoms with E-state index in [0.717, 1.165) is 41.3 Å². The maximum absolute atomic E-state index is 13.1. The Morgan fingerprint density at radius 1 is 0.974 bits per heavy atom. The lowest BCUT2D eigenvalue weighted by Gasteiger charge is -2.30. The van der Waals surface area contributed by atoms with E-state index in [0.29, 0.717) is 49.4 Å². The zero-order valence-electron chi connectivity index (χ0n) is 21.4. The maximum Gasteiger partial charge on any atom is 0.254 e.